The van der Waals surface area contributed by atoms with E-state index in [0.29, 0.717) is 41.7 Å². The average Bonchev–Trinajstić information content (AvgIpc) is 3.25. The standard InChI is InChI=1S/C18H15N3O5/c1-10-12(4-5-13(19-10)15-3-2-6-25-15)17(22)21-7-11(8-21)16-20-14(9-26-16)18(23)24/h2-6,9,11H,7-8H2,1H3,(H,23,24). The molecule has 1 saturated heterocycles. The maximum atomic E-state index is 12.7. The van der Waals surface area contributed by atoms with E-state index in [1.54, 1.807) is 36.3 Å². The van der Waals surface area contributed by atoms with E-state index in [9.17, 15) is 9.59 Å². The Kier molecular flexibility index (Phi) is 3.80. The van der Waals surface area contributed by atoms with Gasteiger partial charge in [-0.25, -0.2) is 14.8 Å². The third kappa shape index (κ3) is 2.75. The zero-order valence-corrected chi connectivity index (χ0v) is 13.9. The lowest BCUT2D eigenvalue weighted by Crippen LogP contribution is -2.48. The number of carbonyl (C=O) groups is 2. The number of oxazole rings is 1. The summed E-state index contributed by atoms with van der Waals surface area (Å²) >= 11 is 0. The van der Waals surface area contributed by atoms with Crippen molar-refractivity contribution in [1.82, 2.24) is 14.9 Å². The van der Waals surface area contributed by atoms with Crippen LogP contribution >= 0.6 is 0 Å². The summed E-state index contributed by atoms with van der Waals surface area (Å²) in [5.74, 6) is -0.362. The second kappa shape index (κ2) is 6.14. The molecule has 1 amide bonds. The lowest BCUT2D eigenvalue weighted by molar-refractivity contribution is 0.0573. The Hall–Kier alpha value is -3.42. The number of amides is 1. The first kappa shape index (κ1) is 16.1. The number of carboxylic acid groups (broad SMARTS) is 1. The molecule has 0 atom stereocenters. The van der Waals surface area contributed by atoms with Crippen molar-refractivity contribution >= 4 is 11.9 Å². The van der Waals surface area contributed by atoms with Crippen LogP contribution in [0.3, 0.4) is 0 Å². The van der Waals surface area contributed by atoms with E-state index in [0.717, 1.165) is 6.26 Å². The average molecular weight is 353 g/mol. The van der Waals surface area contributed by atoms with Gasteiger partial charge in [0.15, 0.2) is 11.5 Å². The molecule has 1 N–H and O–H groups in total. The number of carbonyl (C=O) groups excluding carboxylic acids is 1. The molecule has 8 nitrogen and oxygen atoms in total. The van der Waals surface area contributed by atoms with Crippen LogP contribution in [0.15, 0.2) is 45.6 Å². The summed E-state index contributed by atoms with van der Waals surface area (Å²) in [7, 11) is 0. The number of aromatic carboxylic acids is 1. The monoisotopic (exact) mass is 353 g/mol. The minimum atomic E-state index is -1.13. The summed E-state index contributed by atoms with van der Waals surface area (Å²) < 4.78 is 10.5. The molecular formula is C18H15N3O5. The summed E-state index contributed by atoms with van der Waals surface area (Å²) in [6.07, 6.45) is 2.69. The summed E-state index contributed by atoms with van der Waals surface area (Å²) in [5.41, 5.74) is 1.69. The smallest absolute Gasteiger partial charge is 0.357 e. The van der Waals surface area contributed by atoms with Gasteiger partial charge in [-0.2, -0.15) is 0 Å². The second-order valence-electron chi connectivity index (χ2n) is 6.09. The lowest BCUT2D eigenvalue weighted by atomic mass is 9.98. The van der Waals surface area contributed by atoms with Crippen LogP contribution in [0.5, 0.6) is 0 Å². The molecule has 0 bridgehead atoms. The molecule has 3 aromatic heterocycles. The summed E-state index contributed by atoms with van der Waals surface area (Å²) in [4.78, 5) is 33.5. The second-order valence-corrected chi connectivity index (χ2v) is 6.09. The van der Waals surface area contributed by atoms with Crippen molar-refractivity contribution < 1.29 is 23.5 Å². The maximum Gasteiger partial charge on any atom is 0.357 e. The molecule has 26 heavy (non-hydrogen) atoms. The van der Waals surface area contributed by atoms with Crippen molar-refractivity contribution in [3.63, 3.8) is 0 Å². The third-order valence-corrected chi connectivity index (χ3v) is 4.35. The lowest BCUT2D eigenvalue weighted by Gasteiger charge is -2.37. The highest BCUT2D eigenvalue weighted by Gasteiger charge is 2.36. The van der Waals surface area contributed by atoms with E-state index in [4.69, 9.17) is 13.9 Å². The normalized spacial score (nSPS) is 14.3. The van der Waals surface area contributed by atoms with Crippen molar-refractivity contribution in [2.45, 2.75) is 12.8 Å². The predicted octanol–water partition coefficient (Wildman–Crippen LogP) is 2.58. The Morgan fingerprint density at radius 2 is 2.00 bits per heavy atom. The Morgan fingerprint density at radius 3 is 2.62 bits per heavy atom. The first-order valence-electron chi connectivity index (χ1n) is 8.02. The number of hydrogen-bond donors (Lipinski definition) is 1. The van der Waals surface area contributed by atoms with Crippen LogP contribution in [-0.2, 0) is 0 Å². The van der Waals surface area contributed by atoms with Crippen LogP contribution in [0.4, 0.5) is 0 Å². The maximum absolute atomic E-state index is 12.7. The van der Waals surface area contributed by atoms with Crippen molar-refractivity contribution in [1.29, 1.82) is 0 Å². The molecule has 4 heterocycles. The molecule has 1 aliphatic heterocycles. The van der Waals surface area contributed by atoms with Crippen molar-refractivity contribution in [3.8, 4) is 11.5 Å². The number of rotatable bonds is 4. The number of aryl methyl sites for hydroxylation is 1. The van der Waals surface area contributed by atoms with E-state index < -0.39 is 5.97 Å². The van der Waals surface area contributed by atoms with Crippen LogP contribution in [0.25, 0.3) is 11.5 Å². The van der Waals surface area contributed by atoms with Crippen molar-refractivity contribution in [2.24, 2.45) is 0 Å². The van der Waals surface area contributed by atoms with Crippen LogP contribution in [0, 0.1) is 6.92 Å². The third-order valence-electron chi connectivity index (χ3n) is 4.35. The molecule has 1 aliphatic rings. The number of carboxylic acids is 1. The highest BCUT2D eigenvalue weighted by Crippen LogP contribution is 2.29. The first-order valence-corrected chi connectivity index (χ1v) is 8.02. The van der Waals surface area contributed by atoms with Gasteiger partial charge in [-0.3, -0.25) is 4.79 Å². The minimum absolute atomic E-state index is 0.0947. The molecule has 0 spiro atoms. The zero-order chi connectivity index (χ0) is 18.3. The fourth-order valence-electron chi connectivity index (χ4n) is 2.89. The number of furan rings is 1. The molecule has 3 aromatic rings. The molecule has 0 aromatic carbocycles. The molecule has 0 unspecified atom stereocenters. The van der Waals surface area contributed by atoms with Crippen LogP contribution in [0.1, 0.15) is 38.3 Å². The summed E-state index contributed by atoms with van der Waals surface area (Å²) in [6.45, 7) is 2.64. The Balaban J connectivity index is 1.45. The van der Waals surface area contributed by atoms with E-state index in [2.05, 4.69) is 9.97 Å². The molecule has 0 saturated carbocycles. The highest BCUT2D eigenvalue weighted by atomic mass is 16.4. The molecule has 4 rings (SSSR count). The van der Waals surface area contributed by atoms with Gasteiger partial charge < -0.3 is 18.8 Å². The van der Waals surface area contributed by atoms with Crippen molar-refractivity contribution in [2.75, 3.05) is 13.1 Å². The van der Waals surface area contributed by atoms with Gasteiger partial charge in [0.25, 0.3) is 5.91 Å². The van der Waals surface area contributed by atoms with E-state index in [-0.39, 0.29) is 17.5 Å². The molecular weight excluding hydrogens is 338 g/mol. The van der Waals surface area contributed by atoms with Crippen LogP contribution in [-0.4, -0.2) is 44.9 Å². The number of hydrogen-bond acceptors (Lipinski definition) is 6. The highest BCUT2D eigenvalue weighted by molar-refractivity contribution is 5.96. The zero-order valence-electron chi connectivity index (χ0n) is 13.9. The van der Waals surface area contributed by atoms with E-state index >= 15 is 0 Å². The summed E-state index contributed by atoms with van der Waals surface area (Å²) in [6, 6.07) is 7.09. The van der Waals surface area contributed by atoms with Crippen LogP contribution in [0.2, 0.25) is 0 Å². The van der Waals surface area contributed by atoms with Gasteiger partial charge in [0.2, 0.25) is 5.89 Å². The molecule has 0 radical (unpaired) electrons. The summed E-state index contributed by atoms with van der Waals surface area (Å²) in [5, 5.41) is 8.88. The van der Waals surface area contributed by atoms with Gasteiger partial charge in [-0.05, 0) is 31.2 Å². The molecule has 132 valence electrons. The van der Waals surface area contributed by atoms with Gasteiger partial charge in [-0.15, -0.1) is 0 Å². The molecule has 8 heteroatoms. The molecule has 1 fully saturated rings. The van der Waals surface area contributed by atoms with E-state index in [1.807, 2.05) is 6.07 Å². The molecule has 0 aliphatic carbocycles. The predicted molar refractivity (Wildman–Crippen MR) is 88.8 cm³/mol. The Labute approximate surface area is 148 Å². The van der Waals surface area contributed by atoms with Gasteiger partial charge in [0.05, 0.1) is 23.4 Å². The minimum Gasteiger partial charge on any atom is -0.476 e. The van der Waals surface area contributed by atoms with Gasteiger partial charge in [-0.1, -0.05) is 0 Å². The SMILES string of the molecule is Cc1nc(-c2ccco2)ccc1C(=O)N1CC(c2nc(C(=O)O)co2)C1. The number of pyridine rings is 1. The Morgan fingerprint density at radius 1 is 1.19 bits per heavy atom. The Bertz CT molecular complexity index is 971. The number of likely N-dealkylation sites (tertiary alicyclic amines) is 1. The van der Waals surface area contributed by atoms with Crippen molar-refractivity contribution in [3.05, 3.63) is 59.6 Å². The number of aromatic nitrogens is 2. The van der Waals surface area contributed by atoms with Gasteiger partial charge >= 0.3 is 5.97 Å². The quantitative estimate of drug-likeness (QED) is 0.767. The first-order chi connectivity index (χ1) is 12.5. The fraction of sp³-hybridized carbons (Fsp3) is 0.222. The largest absolute Gasteiger partial charge is 0.476 e. The fourth-order valence-corrected chi connectivity index (χ4v) is 2.89. The number of nitrogens with zero attached hydrogens (tertiary/aromatic N) is 3. The topological polar surface area (TPSA) is 110 Å². The van der Waals surface area contributed by atoms with Gasteiger partial charge in [0, 0.05) is 13.1 Å². The van der Waals surface area contributed by atoms with Gasteiger partial charge in [0.1, 0.15) is 12.0 Å². The van der Waals surface area contributed by atoms with E-state index in [1.165, 1.54) is 0 Å². The van der Waals surface area contributed by atoms with Crippen LogP contribution < -0.4 is 0 Å².